The number of nitrogens with zero attached hydrogens (tertiary/aromatic N) is 3. The highest BCUT2D eigenvalue weighted by molar-refractivity contribution is 6.39. The summed E-state index contributed by atoms with van der Waals surface area (Å²) in [5, 5.41) is 11.6. The number of carbonyl (C=O) groups is 2. The molecule has 1 fully saturated rings. The van der Waals surface area contributed by atoms with Crippen molar-refractivity contribution in [3.05, 3.63) is 65.7 Å². The van der Waals surface area contributed by atoms with Gasteiger partial charge in [0, 0.05) is 32.7 Å². The second-order valence-electron chi connectivity index (χ2n) is 6.17. The molecule has 26 heavy (non-hydrogen) atoms. The molecular formula is C20H20N4O2. The lowest BCUT2D eigenvalue weighted by atomic mass is 10.2. The fourth-order valence-corrected chi connectivity index (χ4v) is 2.96. The van der Waals surface area contributed by atoms with Gasteiger partial charge < -0.3 is 10.2 Å². The van der Waals surface area contributed by atoms with Crippen LogP contribution in [0.1, 0.15) is 11.1 Å². The lowest BCUT2D eigenvalue weighted by molar-refractivity contribution is -0.144. The van der Waals surface area contributed by atoms with E-state index in [1.807, 2.05) is 24.3 Å². The van der Waals surface area contributed by atoms with E-state index in [0.29, 0.717) is 24.3 Å². The van der Waals surface area contributed by atoms with Gasteiger partial charge in [0.2, 0.25) is 0 Å². The first kappa shape index (κ1) is 17.6. The summed E-state index contributed by atoms with van der Waals surface area (Å²) < 4.78 is 0. The van der Waals surface area contributed by atoms with Crippen LogP contribution in [0.3, 0.4) is 0 Å². The molecule has 1 aliphatic rings. The van der Waals surface area contributed by atoms with Crippen molar-refractivity contribution in [2.75, 3.05) is 31.5 Å². The van der Waals surface area contributed by atoms with Gasteiger partial charge >= 0.3 is 11.8 Å². The first-order chi connectivity index (χ1) is 12.7. The molecule has 2 amide bonds. The van der Waals surface area contributed by atoms with Gasteiger partial charge in [-0.25, -0.2) is 0 Å². The molecule has 0 atom stereocenters. The Morgan fingerprint density at radius 2 is 1.62 bits per heavy atom. The monoisotopic (exact) mass is 348 g/mol. The average Bonchev–Trinajstić information content (AvgIpc) is 2.69. The molecule has 0 aliphatic carbocycles. The summed E-state index contributed by atoms with van der Waals surface area (Å²) >= 11 is 0. The van der Waals surface area contributed by atoms with Crippen molar-refractivity contribution in [2.45, 2.75) is 6.54 Å². The Kier molecular flexibility index (Phi) is 5.62. The molecule has 2 aromatic carbocycles. The molecule has 6 nitrogen and oxygen atoms in total. The average molecular weight is 348 g/mol. The van der Waals surface area contributed by atoms with E-state index in [9.17, 15) is 9.59 Å². The second-order valence-corrected chi connectivity index (χ2v) is 6.17. The minimum atomic E-state index is -0.704. The third-order valence-corrected chi connectivity index (χ3v) is 4.40. The molecule has 0 saturated carbocycles. The molecule has 132 valence electrons. The topological polar surface area (TPSA) is 76.4 Å². The molecule has 0 bridgehead atoms. The van der Waals surface area contributed by atoms with Crippen molar-refractivity contribution >= 4 is 17.5 Å². The maximum absolute atomic E-state index is 12.4. The highest BCUT2D eigenvalue weighted by Crippen LogP contribution is 2.14. The predicted octanol–water partition coefficient (Wildman–Crippen LogP) is 1.84. The normalized spacial score (nSPS) is 14.5. The van der Waals surface area contributed by atoms with Crippen LogP contribution in [-0.4, -0.2) is 47.8 Å². The van der Waals surface area contributed by atoms with E-state index >= 15 is 0 Å². The van der Waals surface area contributed by atoms with Gasteiger partial charge in [0.15, 0.2) is 0 Å². The van der Waals surface area contributed by atoms with Gasteiger partial charge in [-0.05, 0) is 17.7 Å². The number of rotatable bonds is 3. The van der Waals surface area contributed by atoms with E-state index in [1.165, 1.54) is 5.56 Å². The van der Waals surface area contributed by atoms with Gasteiger partial charge in [-0.3, -0.25) is 14.5 Å². The van der Waals surface area contributed by atoms with Gasteiger partial charge in [-0.2, -0.15) is 5.26 Å². The van der Waals surface area contributed by atoms with Crippen LogP contribution in [-0.2, 0) is 16.1 Å². The van der Waals surface area contributed by atoms with E-state index in [0.717, 1.165) is 19.6 Å². The zero-order valence-electron chi connectivity index (χ0n) is 14.4. The smallest absolute Gasteiger partial charge is 0.313 e. The number of carbonyl (C=O) groups excluding carboxylic acids is 2. The molecule has 0 spiro atoms. The number of hydrogen-bond acceptors (Lipinski definition) is 4. The SMILES string of the molecule is N#Cc1ccccc1NC(=O)C(=O)N1CCN(Cc2ccccc2)CC1. The molecule has 0 aromatic heterocycles. The quantitative estimate of drug-likeness (QED) is 0.859. The Hall–Kier alpha value is -3.17. The van der Waals surface area contributed by atoms with Gasteiger partial charge in [-0.1, -0.05) is 42.5 Å². The molecule has 1 saturated heterocycles. The number of nitriles is 1. The van der Waals surface area contributed by atoms with Gasteiger partial charge in [0.1, 0.15) is 6.07 Å². The van der Waals surface area contributed by atoms with Crippen LogP contribution < -0.4 is 5.32 Å². The van der Waals surface area contributed by atoms with Crippen LogP contribution in [0.4, 0.5) is 5.69 Å². The first-order valence-corrected chi connectivity index (χ1v) is 8.53. The van der Waals surface area contributed by atoms with E-state index in [2.05, 4.69) is 22.3 Å². The summed E-state index contributed by atoms with van der Waals surface area (Å²) in [5.41, 5.74) is 1.93. The molecule has 0 radical (unpaired) electrons. The van der Waals surface area contributed by atoms with E-state index in [1.54, 1.807) is 29.2 Å². The van der Waals surface area contributed by atoms with Crippen LogP contribution in [0.5, 0.6) is 0 Å². The summed E-state index contributed by atoms with van der Waals surface area (Å²) in [4.78, 5) is 28.4. The number of amides is 2. The highest BCUT2D eigenvalue weighted by Gasteiger charge is 2.26. The Balaban J connectivity index is 1.53. The zero-order valence-corrected chi connectivity index (χ0v) is 14.4. The number of para-hydroxylation sites is 1. The Bertz CT molecular complexity index is 821. The molecule has 0 unspecified atom stereocenters. The number of piperazine rings is 1. The maximum atomic E-state index is 12.4. The van der Waals surface area contributed by atoms with E-state index in [4.69, 9.17) is 5.26 Å². The minimum Gasteiger partial charge on any atom is -0.332 e. The van der Waals surface area contributed by atoms with Crippen LogP contribution in [0.25, 0.3) is 0 Å². The van der Waals surface area contributed by atoms with E-state index in [-0.39, 0.29) is 0 Å². The molecule has 2 aromatic rings. The van der Waals surface area contributed by atoms with Crippen molar-refractivity contribution in [3.63, 3.8) is 0 Å². The van der Waals surface area contributed by atoms with Crippen LogP contribution >= 0.6 is 0 Å². The van der Waals surface area contributed by atoms with Crippen LogP contribution in [0.2, 0.25) is 0 Å². The lowest BCUT2D eigenvalue weighted by Crippen LogP contribution is -2.51. The lowest BCUT2D eigenvalue weighted by Gasteiger charge is -2.34. The molecule has 1 heterocycles. The fraction of sp³-hybridized carbons (Fsp3) is 0.250. The van der Waals surface area contributed by atoms with Crippen molar-refractivity contribution in [2.24, 2.45) is 0 Å². The molecule has 3 rings (SSSR count). The maximum Gasteiger partial charge on any atom is 0.313 e. The minimum absolute atomic E-state index is 0.335. The number of hydrogen-bond donors (Lipinski definition) is 1. The summed E-state index contributed by atoms with van der Waals surface area (Å²) in [6, 6.07) is 18.8. The van der Waals surface area contributed by atoms with Crippen LogP contribution in [0.15, 0.2) is 54.6 Å². The number of nitrogens with one attached hydrogen (secondary N) is 1. The summed E-state index contributed by atoms with van der Waals surface area (Å²) in [6.07, 6.45) is 0. The second kappa shape index (κ2) is 8.28. The zero-order chi connectivity index (χ0) is 18.4. The third-order valence-electron chi connectivity index (χ3n) is 4.40. The van der Waals surface area contributed by atoms with Crippen molar-refractivity contribution in [1.29, 1.82) is 5.26 Å². The molecule has 6 heteroatoms. The van der Waals surface area contributed by atoms with Gasteiger partial charge in [0.25, 0.3) is 0 Å². The summed E-state index contributed by atoms with van der Waals surface area (Å²) in [7, 11) is 0. The van der Waals surface area contributed by atoms with Crippen LogP contribution in [0, 0.1) is 11.3 Å². The highest BCUT2D eigenvalue weighted by atomic mass is 16.2. The predicted molar refractivity (Wildman–Crippen MR) is 98.1 cm³/mol. The first-order valence-electron chi connectivity index (χ1n) is 8.53. The van der Waals surface area contributed by atoms with Gasteiger partial charge in [0.05, 0.1) is 11.3 Å². The number of benzene rings is 2. The standard InChI is InChI=1S/C20H20N4O2/c21-14-17-8-4-5-9-18(17)22-19(25)20(26)24-12-10-23(11-13-24)15-16-6-2-1-3-7-16/h1-9H,10-13,15H2,(H,22,25). The van der Waals surface area contributed by atoms with Crippen molar-refractivity contribution < 1.29 is 9.59 Å². The largest absolute Gasteiger partial charge is 0.332 e. The Labute approximate surface area is 152 Å². The third kappa shape index (κ3) is 4.26. The van der Waals surface area contributed by atoms with Crippen molar-refractivity contribution in [3.8, 4) is 6.07 Å². The molecule has 1 aliphatic heterocycles. The van der Waals surface area contributed by atoms with Gasteiger partial charge in [-0.15, -0.1) is 0 Å². The Morgan fingerprint density at radius 1 is 0.962 bits per heavy atom. The van der Waals surface area contributed by atoms with Crippen molar-refractivity contribution in [1.82, 2.24) is 9.80 Å². The number of anilines is 1. The molecule has 1 N–H and O–H groups in total. The Morgan fingerprint density at radius 3 is 2.31 bits per heavy atom. The fourth-order valence-electron chi connectivity index (χ4n) is 2.96. The van der Waals surface area contributed by atoms with E-state index < -0.39 is 11.8 Å². The molecular weight excluding hydrogens is 328 g/mol. The summed E-state index contributed by atoms with van der Waals surface area (Å²) in [6.45, 7) is 3.31. The summed E-state index contributed by atoms with van der Waals surface area (Å²) in [5.74, 6) is -1.26.